The first-order valence-corrected chi connectivity index (χ1v) is 23.0. The van der Waals surface area contributed by atoms with Gasteiger partial charge in [0.2, 0.25) is 29.5 Å². The molecule has 0 saturated heterocycles. The van der Waals surface area contributed by atoms with Gasteiger partial charge in [-0.15, -0.1) is 0 Å². The van der Waals surface area contributed by atoms with E-state index in [4.69, 9.17) is 9.47 Å². The molecule has 5 aromatic rings. The van der Waals surface area contributed by atoms with Crippen LogP contribution in [0.1, 0.15) is 89.6 Å². The second kappa shape index (κ2) is 23.6. The van der Waals surface area contributed by atoms with Crippen molar-refractivity contribution in [2.75, 3.05) is 0 Å². The monoisotopic (exact) mass is 939 g/mol. The maximum absolute atomic E-state index is 14.9. The Labute approximate surface area is 405 Å². The van der Waals surface area contributed by atoms with Crippen molar-refractivity contribution in [3.05, 3.63) is 173 Å². The van der Waals surface area contributed by atoms with Crippen LogP contribution in [0.15, 0.2) is 146 Å². The van der Waals surface area contributed by atoms with Crippen molar-refractivity contribution in [1.29, 1.82) is 0 Å². The molecule has 0 unspecified atom stereocenters. The van der Waals surface area contributed by atoms with E-state index in [0.29, 0.717) is 33.6 Å². The topological polar surface area (TPSA) is 201 Å². The number of carbonyl (C=O) groups excluding carboxylic acids is 5. The van der Waals surface area contributed by atoms with Crippen LogP contribution >= 0.6 is 0 Å². The van der Waals surface area contributed by atoms with Gasteiger partial charge in [-0.3, -0.25) is 24.0 Å². The molecule has 5 atom stereocenters. The SMILES string of the molecule is CC(=O)N[C@H](Cc1ccc(OC(C)(C)C)cc1)C(=O)N[C@@H](CC(=O)NC(c1ccccc1)(c1ccccc1)c1ccccc1)C(=O)N[C@H](C(=O)N[C@@H](Cc1ccccc1)C(=O)O)[C@@H](C)OC(C)(C)C. The molecule has 0 heterocycles. The van der Waals surface area contributed by atoms with Crippen molar-refractivity contribution >= 4 is 35.5 Å². The third kappa shape index (κ3) is 15.6. The van der Waals surface area contributed by atoms with E-state index in [0.717, 1.165) is 0 Å². The minimum Gasteiger partial charge on any atom is -0.488 e. The van der Waals surface area contributed by atoms with Gasteiger partial charge in [0.15, 0.2) is 0 Å². The summed E-state index contributed by atoms with van der Waals surface area (Å²) >= 11 is 0. The fourth-order valence-corrected chi connectivity index (χ4v) is 8.03. The smallest absolute Gasteiger partial charge is 0.326 e. The van der Waals surface area contributed by atoms with Gasteiger partial charge in [0, 0.05) is 19.8 Å². The van der Waals surface area contributed by atoms with Crippen molar-refractivity contribution in [3.8, 4) is 5.75 Å². The van der Waals surface area contributed by atoms with Gasteiger partial charge in [-0.2, -0.15) is 0 Å². The Hall–Kier alpha value is -7.32. The van der Waals surface area contributed by atoms with Crippen LogP contribution in [0.3, 0.4) is 0 Å². The number of carbonyl (C=O) groups is 6. The molecular weight excluding hydrogens is 875 g/mol. The lowest BCUT2D eigenvalue weighted by molar-refractivity contribution is -0.145. The fourth-order valence-electron chi connectivity index (χ4n) is 8.03. The standard InChI is InChI=1S/C55H65N5O9/c1-36(68-53(3,4)5)48(51(65)58-46(52(66)67)34-38-21-13-9-14-22-38)59-50(64)45(57-49(63)44(56-37(2)61)33-39-29-31-43(32-30-39)69-54(6,7)8)35-47(62)60-55(40-23-15-10-16-24-40,41-25-17-11-18-26-41)42-27-19-12-20-28-42/h9-32,36,44-46,48H,33-35H2,1-8H3,(H,56,61)(H,57,63)(H,58,65)(H,59,64)(H,60,62)(H,66,67)/t36-,44-,45+,46+,48+/m1/s1. The van der Waals surface area contributed by atoms with Crippen LogP contribution in [-0.2, 0) is 51.9 Å². The summed E-state index contributed by atoms with van der Waals surface area (Å²) in [7, 11) is 0. The van der Waals surface area contributed by atoms with Gasteiger partial charge in [-0.1, -0.05) is 133 Å². The number of amides is 5. The van der Waals surface area contributed by atoms with E-state index < -0.39 is 88.9 Å². The number of rotatable bonds is 21. The molecule has 14 nitrogen and oxygen atoms in total. The van der Waals surface area contributed by atoms with Crippen molar-refractivity contribution in [2.45, 2.75) is 122 Å². The fraction of sp³-hybridized carbons (Fsp3) is 0.345. The third-order valence-electron chi connectivity index (χ3n) is 10.9. The highest BCUT2D eigenvalue weighted by atomic mass is 16.5. The molecule has 0 aliphatic heterocycles. The summed E-state index contributed by atoms with van der Waals surface area (Å²) in [5.41, 5.74) is 0.855. The van der Waals surface area contributed by atoms with E-state index in [-0.39, 0.29) is 12.8 Å². The van der Waals surface area contributed by atoms with E-state index in [2.05, 4.69) is 26.6 Å². The van der Waals surface area contributed by atoms with Crippen LogP contribution in [0, 0.1) is 0 Å². The number of hydrogen-bond acceptors (Lipinski definition) is 8. The van der Waals surface area contributed by atoms with Crippen molar-refractivity contribution in [2.24, 2.45) is 0 Å². The largest absolute Gasteiger partial charge is 0.488 e. The van der Waals surface area contributed by atoms with E-state index in [9.17, 15) is 33.9 Å². The molecule has 0 fully saturated rings. The van der Waals surface area contributed by atoms with E-state index in [1.807, 2.05) is 112 Å². The minimum absolute atomic E-state index is 0.000355. The Kier molecular flexibility index (Phi) is 18.0. The molecule has 0 bridgehead atoms. The molecule has 69 heavy (non-hydrogen) atoms. The van der Waals surface area contributed by atoms with Crippen LogP contribution < -0.4 is 31.3 Å². The zero-order valence-electron chi connectivity index (χ0n) is 40.6. The normalized spacial score (nSPS) is 13.9. The first kappa shape index (κ1) is 52.6. The molecule has 364 valence electrons. The Balaban J connectivity index is 1.54. The van der Waals surface area contributed by atoms with Crippen LogP contribution in [0.2, 0.25) is 0 Å². The summed E-state index contributed by atoms with van der Waals surface area (Å²) in [5, 5.41) is 24.1. The zero-order chi connectivity index (χ0) is 50.4. The average Bonchev–Trinajstić information content (AvgIpc) is 3.29. The summed E-state index contributed by atoms with van der Waals surface area (Å²) in [5.74, 6) is -4.49. The van der Waals surface area contributed by atoms with Crippen LogP contribution in [-0.4, -0.2) is 82.1 Å². The number of carboxylic acids is 1. The van der Waals surface area contributed by atoms with Gasteiger partial charge in [0.05, 0.1) is 18.1 Å². The summed E-state index contributed by atoms with van der Waals surface area (Å²) in [4.78, 5) is 83.7. The molecule has 0 aromatic heterocycles. The molecule has 0 radical (unpaired) electrons. The number of aliphatic carboxylic acids is 1. The number of carboxylic acid groups (broad SMARTS) is 1. The molecule has 0 aliphatic carbocycles. The Bertz CT molecular complexity index is 2400. The van der Waals surface area contributed by atoms with Gasteiger partial charge in [-0.25, -0.2) is 4.79 Å². The van der Waals surface area contributed by atoms with Crippen LogP contribution in [0.5, 0.6) is 5.75 Å². The van der Waals surface area contributed by atoms with Crippen molar-refractivity contribution in [1.82, 2.24) is 26.6 Å². The quantitative estimate of drug-likeness (QED) is 0.0451. The van der Waals surface area contributed by atoms with E-state index in [1.165, 1.54) is 6.92 Å². The van der Waals surface area contributed by atoms with Gasteiger partial charge in [0.1, 0.15) is 41.1 Å². The van der Waals surface area contributed by atoms with Gasteiger partial charge in [-0.05, 0) is 88.4 Å². The summed E-state index contributed by atoms with van der Waals surface area (Å²) in [6.07, 6.45) is -1.75. The average molecular weight is 940 g/mol. The number of hydrogen-bond donors (Lipinski definition) is 6. The molecule has 5 rings (SSSR count). The molecule has 0 saturated carbocycles. The van der Waals surface area contributed by atoms with Gasteiger partial charge < -0.3 is 41.2 Å². The second-order valence-corrected chi connectivity index (χ2v) is 19.0. The molecule has 6 N–H and O–H groups in total. The Morgan fingerprint density at radius 1 is 0.522 bits per heavy atom. The molecule has 5 amide bonds. The first-order chi connectivity index (χ1) is 32.6. The molecule has 14 heteroatoms. The lowest BCUT2D eigenvalue weighted by Crippen LogP contribution is -2.62. The lowest BCUT2D eigenvalue weighted by atomic mass is 9.77. The number of ether oxygens (including phenoxy) is 2. The second-order valence-electron chi connectivity index (χ2n) is 19.0. The highest BCUT2D eigenvalue weighted by molar-refractivity contribution is 5.97. The van der Waals surface area contributed by atoms with Crippen molar-refractivity contribution < 1.29 is 43.3 Å². The van der Waals surface area contributed by atoms with E-state index >= 15 is 0 Å². The van der Waals surface area contributed by atoms with E-state index in [1.54, 1.807) is 82.3 Å². The molecule has 0 aliphatic rings. The lowest BCUT2D eigenvalue weighted by Gasteiger charge is -2.37. The van der Waals surface area contributed by atoms with Crippen molar-refractivity contribution in [3.63, 3.8) is 0 Å². The maximum atomic E-state index is 14.9. The van der Waals surface area contributed by atoms with Gasteiger partial charge in [0.25, 0.3) is 0 Å². The Morgan fingerprint density at radius 2 is 0.957 bits per heavy atom. The predicted octanol–water partition coefficient (Wildman–Crippen LogP) is 6.39. The summed E-state index contributed by atoms with van der Waals surface area (Å²) < 4.78 is 12.1. The molecular formula is C55H65N5O9. The predicted molar refractivity (Wildman–Crippen MR) is 264 cm³/mol. The Morgan fingerprint density at radius 3 is 1.41 bits per heavy atom. The highest BCUT2D eigenvalue weighted by Gasteiger charge is 2.41. The summed E-state index contributed by atoms with van der Waals surface area (Å²) in [6.45, 7) is 13.8. The van der Waals surface area contributed by atoms with Gasteiger partial charge >= 0.3 is 5.97 Å². The molecule has 0 spiro atoms. The number of nitrogens with one attached hydrogen (secondary N) is 5. The summed E-state index contributed by atoms with van der Waals surface area (Å²) in [6, 6.07) is 38.0. The van der Waals surface area contributed by atoms with Crippen LogP contribution in [0.4, 0.5) is 0 Å². The first-order valence-electron chi connectivity index (χ1n) is 23.0. The zero-order valence-corrected chi connectivity index (χ0v) is 40.6. The maximum Gasteiger partial charge on any atom is 0.326 e. The molecule has 5 aromatic carbocycles. The van der Waals surface area contributed by atoms with Crippen LogP contribution in [0.25, 0.3) is 0 Å². The minimum atomic E-state index is -1.66. The number of benzene rings is 5. The highest BCUT2D eigenvalue weighted by Crippen LogP contribution is 2.37. The third-order valence-corrected chi connectivity index (χ3v) is 10.9.